The first kappa shape index (κ1) is 22.9. The summed E-state index contributed by atoms with van der Waals surface area (Å²) in [5.74, 6) is -3.10. The number of rotatable bonds is 6. The topological polar surface area (TPSA) is 132 Å². The number of halogens is 1. The van der Waals surface area contributed by atoms with Gasteiger partial charge in [-0.3, -0.25) is 9.59 Å². The summed E-state index contributed by atoms with van der Waals surface area (Å²) in [6.07, 6.45) is 0. The maximum Gasteiger partial charge on any atom is 0.335 e. The van der Waals surface area contributed by atoms with Crippen molar-refractivity contribution in [1.82, 2.24) is 4.98 Å². The molecule has 10 heteroatoms. The minimum Gasteiger partial charge on any atom is -0.478 e. The van der Waals surface area contributed by atoms with Gasteiger partial charge in [0.05, 0.1) is 40.3 Å². The molecule has 0 aliphatic carbocycles. The number of aliphatic hydroxyl groups excluding tert-OH is 1. The minimum atomic E-state index is -1.14. The Morgan fingerprint density at radius 3 is 2.47 bits per heavy atom. The van der Waals surface area contributed by atoms with E-state index in [9.17, 15) is 23.9 Å². The van der Waals surface area contributed by atoms with Gasteiger partial charge in [0.25, 0.3) is 11.8 Å². The van der Waals surface area contributed by atoms with Gasteiger partial charge in [-0.2, -0.15) is 0 Å². The molecule has 2 amide bonds. The van der Waals surface area contributed by atoms with Crippen LogP contribution in [0.3, 0.4) is 0 Å². The molecular weight excluding hydrogens is 467 g/mol. The van der Waals surface area contributed by atoms with Crippen LogP contribution in [-0.4, -0.2) is 40.0 Å². The molecule has 4 N–H and O–H groups in total. The predicted octanol–water partition coefficient (Wildman–Crippen LogP) is 4.15. The van der Waals surface area contributed by atoms with Crippen molar-refractivity contribution in [2.45, 2.75) is 6.61 Å². The van der Waals surface area contributed by atoms with Gasteiger partial charge in [-0.15, -0.1) is 0 Å². The standard InChI is InChI=1S/C26H19FN4O5/c1-28-19-11-15(27)10-18-21(19)30-23-20(22(18)29-16-4-2-3-13(9-16)12-32)24(33)31(25(23)34)17-7-5-14(6-8-17)26(35)36/h2-11,28,32H,12H2,1H3,(H,29,30)(H,35,36). The number of carboxylic acid groups (broad SMARTS) is 1. The summed E-state index contributed by atoms with van der Waals surface area (Å²) in [5.41, 5.74) is 1.91. The summed E-state index contributed by atoms with van der Waals surface area (Å²) < 4.78 is 14.6. The molecule has 2 heterocycles. The Labute approximate surface area is 203 Å². The highest BCUT2D eigenvalue weighted by atomic mass is 19.1. The van der Waals surface area contributed by atoms with E-state index in [1.54, 1.807) is 31.3 Å². The van der Waals surface area contributed by atoms with Crippen molar-refractivity contribution in [3.8, 4) is 0 Å². The van der Waals surface area contributed by atoms with E-state index >= 15 is 0 Å². The van der Waals surface area contributed by atoms with Gasteiger partial charge in [0, 0.05) is 18.1 Å². The van der Waals surface area contributed by atoms with Crippen LogP contribution < -0.4 is 15.5 Å². The third kappa shape index (κ3) is 3.69. The third-order valence-corrected chi connectivity index (χ3v) is 5.90. The SMILES string of the molecule is CNc1cc(F)cc2c(Nc3cccc(CO)c3)c3c(nc12)C(=O)N(c1ccc(C(=O)O)cc1)C3=O. The van der Waals surface area contributed by atoms with E-state index in [2.05, 4.69) is 15.6 Å². The summed E-state index contributed by atoms with van der Waals surface area (Å²) >= 11 is 0. The van der Waals surface area contributed by atoms with Crippen LogP contribution >= 0.6 is 0 Å². The van der Waals surface area contributed by atoms with Gasteiger partial charge in [0.2, 0.25) is 0 Å². The summed E-state index contributed by atoms with van der Waals surface area (Å²) in [5, 5.41) is 24.9. The Morgan fingerprint density at radius 1 is 1.06 bits per heavy atom. The van der Waals surface area contributed by atoms with Crippen LogP contribution in [0.1, 0.15) is 36.8 Å². The first-order chi connectivity index (χ1) is 17.3. The second-order valence-electron chi connectivity index (χ2n) is 8.09. The predicted molar refractivity (Wildman–Crippen MR) is 131 cm³/mol. The molecule has 1 aromatic heterocycles. The Morgan fingerprint density at radius 2 is 1.81 bits per heavy atom. The number of carbonyl (C=O) groups excluding carboxylic acids is 2. The van der Waals surface area contributed by atoms with E-state index in [1.165, 1.54) is 36.4 Å². The highest BCUT2D eigenvalue weighted by Gasteiger charge is 2.41. The molecular formula is C26H19FN4O5. The smallest absolute Gasteiger partial charge is 0.335 e. The van der Waals surface area contributed by atoms with Gasteiger partial charge in [0.15, 0.2) is 0 Å². The average Bonchev–Trinajstić information content (AvgIpc) is 3.13. The van der Waals surface area contributed by atoms with E-state index in [4.69, 9.17) is 5.11 Å². The van der Waals surface area contributed by atoms with Crippen molar-refractivity contribution < 1.29 is 29.0 Å². The maximum atomic E-state index is 14.6. The van der Waals surface area contributed by atoms with E-state index in [0.717, 1.165) is 4.90 Å². The van der Waals surface area contributed by atoms with Crippen LogP contribution in [0.25, 0.3) is 10.9 Å². The number of carboxylic acids is 1. The van der Waals surface area contributed by atoms with Crippen molar-refractivity contribution in [3.63, 3.8) is 0 Å². The minimum absolute atomic E-state index is 0.000481. The lowest BCUT2D eigenvalue weighted by Gasteiger charge is -2.16. The van der Waals surface area contributed by atoms with E-state index in [1.807, 2.05) is 0 Å². The van der Waals surface area contributed by atoms with Crippen LogP contribution in [0.2, 0.25) is 0 Å². The number of benzene rings is 3. The molecule has 0 radical (unpaired) electrons. The molecule has 5 rings (SSSR count). The lowest BCUT2D eigenvalue weighted by molar-refractivity contribution is 0.0696. The Balaban J connectivity index is 1.73. The van der Waals surface area contributed by atoms with Gasteiger partial charge >= 0.3 is 5.97 Å². The van der Waals surface area contributed by atoms with E-state index in [0.29, 0.717) is 16.9 Å². The second-order valence-corrected chi connectivity index (χ2v) is 8.09. The maximum absolute atomic E-state index is 14.6. The molecule has 4 aromatic rings. The van der Waals surface area contributed by atoms with Crippen LogP contribution in [0.4, 0.5) is 27.1 Å². The zero-order valence-corrected chi connectivity index (χ0v) is 18.9. The van der Waals surface area contributed by atoms with Crippen molar-refractivity contribution in [2.75, 3.05) is 22.6 Å². The molecule has 0 saturated heterocycles. The summed E-state index contributed by atoms with van der Waals surface area (Å²) in [6, 6.07) is 14.6. The molecule has 0 bridgehead atoms. The number of pyridine rings is 1. The molecule has 0 spiro atoms. The number of carbonyl (C=O) groups is 3. The van der Waals surface area contributed by atoms with Gasteiger partial charge in [0.1, 0.15) is 11.5 Å². The lowest BCUT2D eigenvalue weighted by atomic mass is 10.0. The molecule has 36 heavy (non-hydrogen) atoms. The Hall–Kier alpha value is -4.83. The number of hydrogen-bond acceptors (Lipinski definition) is 7. The monoisotopic (exact) mass is 486 g/mol. The number of aromatic nitrogens is 1. The number of nitrogens with zero attached hydrogens (tertiary/aromatic N) is 2. The fraction of sp³-hybridized carbons (Fsp3) is 0.0769. The van der Waals surface area contributed by atoms with Crippen LogP contribution in [0.5, 0.6) is 0 Å². The molecule has 0 saturated carbocycles. The number of hydrogen-bond donors (Lipinski definition) is 4. The normalized spacial score (nSPS) is 12.7. The molecule has 180 valence electrons. The Kier molecular flexibility index (Phi) is 5.57. The fourth-order valence-electron chi connectivity index (χ4n) is 4.20. The number of aromatic carboxylic acids is 1. The van der Waals surface area contributed by atoms with Gasteiger partial charge in [-0.05, 0) is 54.1 Å². The van der Waals surface area contributed by atoms with E-state index < -0.39 is 23.6 Å². The Bertz CT molecular complexity index is 1570. The fourth-order valence-corrected chi connectivity index (χ4v) is 4.20. The summed E-state index contributed by atoms with van der Waals surface area (Å²) in [7, 11) is 1.59. The van der Waals surface area contributed by atoms with Crippen molar-refractivity contribution in [1.29, 1.82) is 0 Å². The molecule has 0 unspecified atom stereocenters. The van der Waals surface area contributed by atoms with Gasteiger partial charge in [-0.25, -0.2) is 19.1 Å². The number of nitrogens with one attached hydrogen (secondary N) is 2. The first-order valence-electron chi connectivity index (χ1n) is 10.9. The highest BCUT2D eigenvalue weighted by Crippen LogP contribution is 2.40. The quantitative estimate of drug-likeness (QED) is 0.299. The summed E-state index contributed by atoms with van der Waals surface area (Å²) in [6.45, 7) is -0.208. The lowest BCUT2D eigenvalue weighted by Crippen LogP contribution is -2.29. The average molecular weight is 486 g/mol. The number of aliphatic hydroxyl groups is 1. The molecule has 0 fully saturated rings. The molecule has 1 aliphatic rings. The third-order valence-electron chi connectivity index (χ3n) is 5.90. The van der Waals surface area contributed by atoms with Crippen LogP contribution in [0.15, 0.2) is 60.7 Å². The van der Waals surface area contributed by atoms with Crippen LogP contribution in [0, 0.1) is 5.82 Å². The van der Waals surface area contributed by atoms with Gasteiger partial charge in [-0.1, -0.05) is 12.1 Å². The molecule has 9 nitrogen and oxygen atoms in total. The number of fused-ring (bicyclic) bond motifs is 2. The summed E-state index contributed by atoms with van der Waals surface area (Å²) in [4.78, 5) is 43.6. The van der Waals surface area contributed by atoms with Crippen molar-refractivity contribution in [3.05, 3.63) is 88.9 Å². The van der Waals surface area contributed by atoms with Crippen molar-refractivity contribution in [2.24, 2.45) is 0 Å². The number of amides is 2. The molecule has 0 atom stereocenters. The number of imide groups is 1. The largest absolute Gasteiger partial charge is 0.478 e. The zero-order chi connectivity index (χ0) is 25.6. The van der Waals surface area contributed by atoms with Crippen LogP contribution in [-0.2, 0) is 6.61 Å². The number of anilines is 4. The second kappa shape index (κ2) is 8.75. The van der Waals surface area contributed by atoms with Crippen molar-refractivity contribution >= 4 is 51.4 Å². The van der Waals surface area contributed by atoms with Gasteiger partial charge < -0.3 is 20.8 Å². The first-order valence-corrected chi connectivity index (χ1v) is 10.9. The van der Waals surface area contributed by atoms with E-state index in [-0.39, 0.29) is 45.7 Å². The molecule has 3 aromatic carbocycles. The molecule has 1 aliphatic heterocycles. The highest BCUT2D eigenvalue weighted by molar-refractivity contribution is 6.37. The zero-order valence-electron chi connectivity index (χ0n) is 18.9.